The lowest BCUT2D eigenvalue weighted by Crippen LogP contribution is -2.33. The molecule has 9 heteroatoms. The van der Waals surface area contributed by atoms with E-state index in [4.69, 9.17) is 46.4 Å². The monoisotopic (exact) mass is 502 g/mol. The number of likely N-dealkylation sites (tertiary alicyclic amines) is 1. The van der Waals surface area contributed by atoms with Gasteiger partial charge in [-0.1, -0.05) is 88.5 Å². The van der Waals surface area contributed by atoms with E-state index in [1.54, 1.807) is 24.3 Å². The van der Waals surface area contributed by atoms with Crippen molar-refractivity contribution in [1.29, 1.82) is 0 Å². The average Bonchev–Trinajstić information content (AvgIpc) is 2.75. The third-order valence-electron chi connectivity index (χ3n) is 4.84. The lowest BCUT2D eigenvalue weighted by atomic mass is 9.89. The molecular formula is C21H18Cl4N2O2S. The van der Waals surface area contributed by atoms with Gasteiger partial charge >= 0.3 is 5.70 Å². The molecule has 1 heterocycles. The Bertz CT molecular complexity index is 953. The number of hydrogen-bond donors (Lipinski definition) is 0. The van der Waals surface area contributed by atoms with Gasteiger partial charge in [0, 0.05) is 23.0 Å². The highest BCUT2D eigenvalue weighted by atomic mass is 35.5. The van der Waals surface area contributed by atoms with Crippen molar-refractivity contribution in [3.05, 3.63) is 95.5 Å². The van der Waals surface area contributed by atoms with Crippen LogP contribution in [0.4, 0.5) is 0 Å². The number of allylic oxidation sites excluding steroid dienone is 1. The van der Waals surface area contributed by atoms with Crippen molar-refractivity contribution in [1.82, 2.24) is 4.90 Å². The molecule has 0 aliphatic carbocycles. The molecule has 0 spiro atoms. The number of benzene rings is 2. The fraction of sp³-hybridized carbons (Fsp3) is 0.238. The first-order valence-corrected chi connectivity index (χ1v) is 11.5. The van der Waals surface area contributed by atoms with Crippen molar-refractivity contribution in [2.45, 2.75) is 23.7 Å². The molecule has 2 aromatic carbocycles. The van der Waals surface area contributed by atoms with Gasteiger partial charge in [0.25, 0.3) is 0 Å². The summed E-state index contributed by atoms with van der Waals surface area (Å²) in [7, 11) is 0. The van der Waals surface area contributed by atoms with Crippen LogP contribution in [0.25, 0.3) is 0 Å². The zero-order valence-corrected chi connectivity index (χ0v) is 19.6. The Morgan fingerprint density at radius 3 is 2.13 bits per heavy atom. The molecule has 3 rings (SSSR count). The second-order valence-corrected chi connectivity index (χ2v) is 9.54. The minimum absolute atomic E-state index is 0.273. The van der Waals surface area contributed by atoms with Crippen LogP contribution in [0.15, 0.2) is 79.7 Å². The van der Waals surface area contributed by atoms with Gasteiger partial charge < -0.3 is 4.90 Å². The Balaban J connectivity index is 1.93. The molecule has 158 valence electrons. The average molecular weight is 504 g/mol. The minimum Gasteiger partial charge on any atom is -0.360 e. The summed E-state index contributed by atoms with van der Waals surface area (Å²) < 4.78 is -0.336. The molecule has 0 saturated carbocycles. The van der Waals surface area contributed by atoms with Crippen LogP contribution >= 0.6 is 58.2 Å². The Labute approximate surface area is 199 Å². The van der Waals surface area contributed by atoms with Crippen LogP contribution < -0.4 is 0 Å². The number of rotatable bonds is 6. The fourth-order valence-corrected chi connectivity index (χ4v) is 4.96. The lowest BCUT2D eigenvalue weighted by molar-refractivity contribution is -0.421. The van der Waals surface area contributed by atoms with E-state index in [0.717, 1.165) is 17.7 Å². The van der Waals surface area contributed by atoms with Crippen LogP contribution in [-0.4, -0.2) is 22.9 Å². The molecule has 0 unspecified atom stereocenters. The van der Waals surface area contributed by atoms with E-state index in [1.807, 2.05) is 23.1 Å². The highest BCUT2D eigenvalue weighted by Gasteiger charge is 2.32. The molecule has 0 N–H and O–H groups in total. The van der Waals surface area contributed by atoms with Crippen LogP contribution in [0.1, 0.15) is 24.3 Å². The van der Waals surface area contributed by atoms with Gasteiger partial charge in [0.1, 0.15) is 4.49 Å². The number of nitro groups is 1. The number of nitrogens with zero attached hydrogens (tertiary/aromatic N) is 2. The molecule has 1 aliphatic rings. The number of halogens is 4. The van der Waals surface area contributed by atoms with E-state index in [2.05, 4.69) is 12.1 Å². The van der Waals surface area contributed by atoms with Gasteiger partial charge in [-0.25, -0.2) is 0 Å². The summed E-state index contributed by atoms with van der Waals surface area (Å²) in [5.74, 6) is 0.408. The van der Waals surface area contributed by atoms with Gasteiger partial charge in [-0.05, 0) is 48.6 Å². The summed E-state index contributed by atoms with van der Waals surface area (Å²) in [5.41, 5.74) is 0.985. The van der Waals surface area contributed by atoms with Crippen molar-refractivity contribution >= 4 is 58.2 Å². The normalized spacial score (nSPS) is 15.5. The zero-order valence-electron chi connectivity index (χ0n) is 15.7. The summed E-state index contributed by atoms with van der Waals surface area (Å²) in [6.07, 6.45) is 1.74. The minimum atomic E-state index is -0.533. The van der Waals surface area contributed by atoms with E-state index < -0.39 is 4.92 Å². The number of piperidine rings is 1. The van der Waals surface area contributed by atoms with Crippen LogP contribution in [0, 0.1) is 10.1 Å². The van der Waals surface area contributed by atoms with Crippen molar-refractivity contribution in [3.8, 4) is 0 Å². The van der Waals surface area contributed by atoms with E-state index in [1.165, 1.54) is 17.3 Å². The largest absolute Gasteiger partial charge is 0.360 e. The predicted molar refractivity (Wildman–Crippen MR) is 126 cm³/mol. The first-order valence-electron chi connectivity index (χ1n) is 9.20. The van der Waals surface area contributed by atoms with Gasteiger partial charge in [-0.15, -0.1) is 0 Å². The second-order valence-electron chi connectivity index (χ2n) is 6.71. The predicted octanol–water partition coefficient (Wildman–Crippen LogP) is 7.64. The summed E-state index contributed by atoms with van der Waals surface area (Å²) >= 11 is 25.0. The molecule has 0 amide bonds. The van der Waals surface area contributed by atoms with Crippen LogP contribution in [0.3, 0.4) is 0 Å². The lowest BCUT2D eigenvalue weighted by Gasteiger charge is -2.34. The van der Waals surface area contributed by atoms with Crippen LogP contribution in [-0.2, 0) is 0 Å². The van der Waals surface area contributed by atoms with Crippen molar-refractivity contribution in [3.63, 3.8) is 0 Å². The Kier molecular flexibility index (Phi) is 8.37. The molecule has 0 atom stereocenters. The number of thioether (sulfide) groups is 1. The zero-order chi connectivity index (χ0) is 21.7. The highest BCUT2D eigenvalue weighted by molar-refractivity contribution is 8.03. The van der Waals surface area contributed by atoms with Crippen LogP contribution in [0.5, 0.6) is 0 Å². The standard InChI is InChI=1S/C21H18Cl4N2O2S/c22-16-6-8-17(9-7-16)30-21(19(27(28)29)18(23)20(24)25)26-12-10-15(11-13-26)14-4-2-1-3-5-14/h1-9,15H,10-13H2/b21-19-. The first-order chi connectivity index (χ1) is 14.4. The summed E-state index contributed by atoms with van der Waals surface area (Å²) in [6.45, 7) is 1.30. The Morgan fingerprint density at radius 1 is 1.00 bits per heavy atom. The molecule has 0 radical (unpaired) electrons. The maximum Gasteiger partial charge on any atom is 0.320 e. The summed E-state index contributed by atoms with van der Waals surface area (Å²) in [5, 5.41) is 12.6. The third-order valence-corrected chi connectivity index (χ3v) is 7.18. The molecule has 2 aromatic rings. The highest BCUT2D eigenvalue weighted by Crippen LogP contribution is 2.40. The maximum atomic E-state index is 11.9. The van der Waals surface area contributed by atoms with Gasteiger partial charge in [0.05, 0.1) is 4.92 Å². The van der Waals surface area contributed by atoms with Gasteiger partial charge in [0.15, 0.2) is 10.1 Å². The Morgan fingerprint density at radius 2 is 1.60 bits per heavy atom. The molecule has 30 heavy (non-hydrogen) atoms. The van der Waals surface area contributed by atoms with Crippen molar-refractivity contribution in [2.24, 2.45) is 0 Å². The molecule has 1 fully saturated rings. The van der Waals surface area contributed by atoms with E-state index >= 15 is 0 Å². The molecule has 1 aliphatic heterocycles. The van der Waals surface area contributed by atoms with E-state index in [0.29, 0.717) is 29.1 Å². The molecule has 0 aromatic heterocycles. The van der Waals surface area contributed by atoms with E-state index in [9.17, 15) is 10.1 Å². The summed E-state index contributed by atoms with van der Waals surface area (Å²) in [6, 6.07) is 17.4. The topological polar surface area (TPSA) is 46.4 Å². The van der Waals surface area contributed by atoms with Crippen molar-refractivity contribution < 1.29 is 4.92 Å². The summed E-state index contributed by atoms with van der Waals surface area (Å²) in [4.78, 5) is 14.2. The molecule has 1 saturated heterocycles. The van der Waals surface area contributed by atoms with Crippen molar-refractivity contribution in [2.75, 3.05) is 13.1 Å². The van der Waals surface area contributed by atoms with E-state index in [-0.39, 0.29) is 15.2 Å². The third kappa shape index (κ3) is 5.86. The van der Waals surface area contributed by atoms with Gasteiger partial charge in [-0.2, -0.15) is 0 Å². The second kappa shape index (κ2) is 10.8. The smallest absolute Gasteiger partial charge is 0.320 e. The quantitative estimate of drug-likeness (QED) is 0.176. The SMILES string of the molecule is O=[N+]([O-])/C(C(Cl)=C(Cl)Cl)=C(\Sc1ccc(Cl)cc1)N1CCC(c2ccccc2)CC1. The molecule has 4 nitrogen and oxygen atoms in total. The van der Waals surface area contributed by atoms with Crippen LogP contribution in [0.2, 0.25) is 5.02 Å². The fourth-order valence-electron chi connectivity index (χ4n) is 3.36. The molecule has 0 bridgehead atoms. The molecular weight excluding hydrogens is 486 g/mol. The van der Waals surface area contributed by atoms with Gasteiger partial charge in [0.2, 0.25) is 0 Å². The Hall–Kier alpha value is -1.37. The maximum absolute atomic E-state index is 11.9. The number of hydrogen-bond acceptors (Lipinski definition) is 4. The first kappa shape index (κ1) is 23.3. The van der Waals surface area contributed by atoms with Gasteiger partial charge in [-0.3, -0.25) is 10.1 Å².